The van der Waals surface area contributed by atoms with Gasteiger partial charge in [0.1, 0.15) is 11.5 Å². The first kappa shape index (κ1) is 17.9. The van der Waals surface area contributed by atoms with Crippen molar-refractivity contribution in [1.82, 2.24) is 0 Å². The van der Waals surface area contributed by atoms with E-state index in [1.54, 1.807) is 7.11 Å². The summed E-state index contributed by atoms with van der Waals surface area (Å²) in [6.45, 7) is 10.7. The molecule has 0 heterocycles. The number of benzene rings is 1. The second-order valence-corrected chi connectivity index (χ2v) is 7.05. The molecule has 0 spiro atoms. The van der Waals surface area contributed by atoms with Crippen molar-refractivity contribution in [3.63, 3.8) is 0 Å². The van der Waals surface area contributed by atoms with E-state index < -0.39 is 5.41 Å². The third-order valence-electron chi connectivity index (χ3n) is 5.78. The van der Waals surface area contributed by atoms with E-state index in [0.717, 1.165) is 35.3 Å². The summed E-state index contributed by atoms with van der Waals surface area (Å²) in [5, 5.41) is 0. The Kier molecular flexibility index (Phi) is 4.77. The van der Waals surface area contributed by atoms with E-state index in [9.17, 15) is 4.79 Å². The molecule has 2 unspecified atom stereocenters. The van der Waals surface area contributed by atoms with Gasteiger partial charge in [0.25, 0.3) is 0 Å². The van der Waals surface area contributed by atoms with Gasteiger partial charge in [0, 0.05) is 32.7 Å². The molecule has 2 aliphatic carbocycles. The maximum absolute atomic E-state index is 12.8. The van der Waals surface area contributed by atoms with Gasteiger partial charge in [0.2, 0.25) is 0 Å². The average molecular weight is 372 g/mol. The van der Waals surface area contributed by atoms with Gasteiger partial charge < -0.3 is 11.7 Å². The van der Waals surface area contributed by atoms with Crippen molar-refractivity contribution in [3.05, 3.63) is 41.8 Å². The van der Waals surface area contributed by atoms with Gasteiger partial charge in [-0.25, -0.2) is 0 Å². The third-order valence-corrected chi connectivity index (χ3v) is 5.78. The Balaban J connectivity index is 0.00000176. The largest absolute Gasteiger partial charge is 0.496 e. The van der Waals surface area contributed by atoms with Gasteiger partial charge in [-0.2, -0.15) is 0 Å². The van der Waals surface area contributed by atoms with Crippen LogP contribution in [0.1, 0.15) is 37.8 Å². The molecule has 2 fully saturated rings. The fourth-order valence-corrected chi connectivity index (χ4v) is 4.13. The fraction of sp³-hybridized carbons (Fsp3) is 0.474. The van der Waals surface area contributed by atoms with Crippen molar-refractivity contribution in [2.45, 2.75) is 33.6 Å². The second-order valence-electron chi connectivity index (χ2n) is 7.05. The molecule has 2 atom stereocenters. The smallest absolute Gasteiger partial charge is 0.136 e. The van der Waals surface area contributed by atoms with Gasteiger partial charge in [-0.1, -0.05) is 31.7 Å². The first-order valence-corrected chi connectivity index (χ1v) is 7.57. The van der Waals surface area contributed by atoms with Gasteiger partial charge in [-0.05, 0) is 59.6 Å². The minimum absolute atomic E-state index is 0. The monoisotopic (exact) mass is 372 g/mol. The maximum Gasteiger partial charge on any atom is 0.136 e. The standard InChI is InChI=1S/C19H23O2.Y/c1-12-10-13(6-7-16(12)21-5)11-14-15-8-9-19(4,17(14)20)18(15,2)3;/h6-7,10-11,15H,4,8-9H2,1-3,5H3;/q-1;/b14-11+;. The van der Waals surface area contributed by atoms with Crippen LogP contribution in [0.2, 0.25) is 0 Å². The van der Waals surface area contributed by atoms with Crippen LogP contribution < -0.4 is 4.74 Å². The predicted octanol–water partition coefficient (Wildman–Crippen LogP) is 4.22. The molecule has 2 bridgehead atoms. The van der Waals surface area contributed by atoms with Gasteiger partial charge >= 0.3 is 0 Å². The minimum Gasteiger partial charge on any atom is -0.496 e. The van der Waals surface area contributed by atoms with Crippen LogP contribution in [0.15, 0.2) is 23.8 Å². The summed E-state index contributed by atoms with van der Waals surface area (Å²) in [6, 6.07) is 6.05. The summed E-state index contributed by atoms with van der Waals surface area (Å²) in [7, 11) is 1.68. The zero-order chi connectivity index (χ0) is 15.4. The van der Waals surface area contributed by atoms with E-state index in [1.165, 1.54) is 0 Å². The van der Waals surface area contributed by atoms with Crippen molar-refractivity contribution in [2.75, 3.05) is 7.11 Å². The van der Waals surface area contributed by atoms with Crippen LogP contribution in [-0.2, 0) is 37.5 Å². The topological polar surface area (TPSA) is 26.3 Å². The summed E-state index contributed by atoms with van der Waals surface area (Å²) in [5.41, 5.74) is 2.67. The second kappa shape index (κ2) is 5.87. The van der Waals surface area contributed by atoms with E-state index in [0.29, 0.717) is 5.92 Å². The Bertz CT molecular complexity index is 645. The van der Waals surface area contributed by atoms with Crippen LogP contribution in [0.4, 0.5) is 0 Å². The number of methoxy groups -OCH3 is 1. The summed E-state index contributed by atoms with van der Waals surface area (Å²) < 4.78 is 5.29. The van der Waals surface area contributed by atoms with E-state index in [-0.39, 0.29) is 43.9 Å². The number of carbonyl (C=O) groups excluding carboxylic acids is 1. The number of hydrogen-bond acceptors (Lipinski definition) is 2. The van der Waals surface area contributed by atoms with Crippen LogP contribution in [0.5, 0.6) is 5.75 Å². The van der Waals surface area contributed by atoms with Crippen molar-refractivity contribution < 1.29 is 42.2 Å². The van der Waals surface area contributed by atoms with E-state index >= 15 is 0 Å². The SMILES string of the molecule is [CH2-]C12CCC(/C(=C\c3ccc(OC)c(C)c3)C1=O)C2(C)C.[Y]. The first-order valence-electron chi connectivity index (χ1n) is 7.57. The average Bonchev–Trinajstić information content (AvgIpc) is 2.73. The molecule has 2 saturated carbocycles. The Morgan fingerprint density at radius 2 is 2.05 bits per heavy atom. The summed E-state index contributed by atoms with van der Waals surface area (Å²) in [6.07, 6.45) is 4.05. The molecule has 0 aliphatic heterocycles. The van der Waals surface area contributed by atoms with Crippen LogP contribution in [0.25, 0.3) is 6.08 Å². The quantitative estimate of drug-likeness (QED) is 0.574. The van der Waals surface area contributed by atoms with E-state index in [1.807, 2.05) is 19.1 Å². The maximum atomic E-state index is 12.8. The van der Waals surface area contributed by atoms with Crippen molar-refractivity contribution in [2.24, 2.45) is 16.7 Å². The summed E-state index contributed by atoms with van der Waals surface area (Å²) in [4.78, 5) is 12.8. The molecular weight excluding hydrogens is 349 g/mol. The van der Waals surface area contributed by atoms with Gasteiger partial charge in [0.15, 0.2) is 0 Å². The predicted molar refractivity (Wildman–Crippen MR) is 85.0 cm³/mol. The molecule has 0 N–H and O–H groups in total. The van der Waals surface area contributed by atoms with Crippen LogP contribution >= 0.6 is 0 Å². The molecule has 1 aromatic carbocycles. The number of carbonyl (C=O) groups is 1. The molecule has 115 valence electrons. The van der Waals surface area contributed by atoms with Gasteiger partial charge in [-0.15, -0.1) is 0 Å². The number of ketones is 1. The Labute approximate surface area is 158 Å². The molecule has 0 aromatic heterocycles. The molecule has 2 nitrogen and oxygen atoms in total. The van der Waals surface area contributed by atoms with E-state index in [4.69, 9.17) is 4.74 Å². The minimum atomic E-state index is -0.426. The van der Waals surface area contributed by atoms with Gasteiger partial charge in [-0.3, -0.25) is 4.79 Å². The molecule has 0 saturated heterocycles. The number of rotatable bonds is 2. The zero-order valence-corrected chi connectivity index (χ0v) is 16.7. The number of aryl methyl sites for hydroxylation is 1. The Morgan fingerprint density at radius 3 is 2.55 bits per heavy atom. The summed E-state index contributed by atoms with van der Waals surface area (Å²) >= 11 is 0. The van der Waals surface area contributed by atoms with E-state index in [2.05, 4.69) is 32.9 Å². The molecule has 3 rings (SSSR count). The third kappa shape index (κ3) is 2.34. The molecule has 3 heteroatoms. The van der Waals surface area contributed by atoms with Gasteiger partial charge in [0.05, 0.1) is 7.11 Å². The molecular formula is C19H23O2Y-. The Hall–Kier alpha value is -0.466. The number of allylic oxidation sites excluding steroid dienone is 1. The Morgan fingerprint density at radius 1 is 1.36 bits per heavy atom. The molecule has 1 radical (unpaired) electrons. The number of Topliss-reactive ketones (excluding diaryl/α,β-unsaturated/α-hetero) is 1. The molecule has 22 heavy (non-hydrogen) atoms. The fourth-order valence-electron chi connectivity index (χ4n) is 4.13. The van der Waals surface area contributed by atoms with Crippen molar-refractivity contribution in [3.8, 4) is 5.75 Å². The van der Waals surface area contributed by atoms with Crippen LogP contribution in [0, 0.1) is 30.6 Å². The van der Waals surface area contributed by atoms with Crippen molar-refractivity contribution in [1.29, 1.82) is 0 Å². The summed E-state index contributed by atoms with van der Waals surface area (Å²) in [5.74, 6) is 1.47. The normalized spacial score (nSPS) is 30.5. The van der Waals surface area contributed by atoms with Crippen LogP contribution in [-0.4, -0.2) is 12.9 Å². The molecule has 0 amide bonds. The number of fused-ring (bicyclic) bond motifs is 2. The number of ether oxygens (including phenoxy) is 1. The van der Waals surface area contributed by atoms with Crippen molar-refractivity contribution >= 4 is 11.9 Å². The molecule has 2 aliphatic rings. The van der Waals surface area contributed by atoms with Crippen LogP contribution in [0.3, 0.4) is 0 Å². The zero-order valence-electron chi connectivity index (χ0n) is 13.9. The molecule has 1 aromatic rings. The number of hydrogen-bond donors (Lipinski definition) is 0. The first-order chi connectivity index (χ1) is 9.81.